The van der Waals surface area contributed by atoms with Crippen molar-refractivity contribution < 1.29 is 18.0 Å². The summed E-state index contributed by atoms with van der Waals surface area (Å²) in [5.41, 5.74) is -0.917. The van der Waals surface area contributed by atoms with E-state index in [4.69, 9.17) is 0 Å². The Kier molecular flexibility index (Phi) is 3.36. The molecular formula is C12H20N2O4S. The molecule has 2 saturated heterocycles. The van der Waals surface area contributed by atoms with Crippen molar-refractivity contribution in [2.45, 2.75) is 51.2 Å². The third-order valence-electron chi connectivity index (χ3n) is 3.92. The molecule has 0 aromatic rings. The van der Waals surface area contributed by atoms with Gasteiger partial charge in [-0.05, 0) is 33.6 Å². The molecule has 7 heteroatoms. The Bertz CT molecular complexity index is 498. The van der Waals surface area contributed by atoms with Gasteiger partial charge in [-0.15, -0.1) is 0 Å². The van der Waals surface area contributed by atoms with Crippen LogP contribution in [0.1, 0.15) is 33.6 Å². The van der Waals surface area contributed by atoms with Crippen LogP contribution >= 0.6 is 0 Å². The van der Waals surface area contributed by atoms with Crippen molar-refractivity contribution in [3.05, 3.63) is 0 Å². The minimum absolute atomic E-state index is 0.0935. The van der Waals surface area contributed by atoms with Gasteiger partial charge in [-0.25, -0.2) is 8.42 Å². The van der Waals surface area contributed by atoms with Crippen LogP contribution in [0.3, 0.4) is 0 Å². The Hall–Kier alpha value is -1.11. The lowest BCUT2D eigenvalue weighted by atomic mass is 9.94. The Morgan fingerprint density at radius 1 is 1.21 bits per heavy atom. The molecule has 0 aromatic heterocycles. The lowest BCUT2D eigenvalue weighted by molar-refractivity contribution is -0.155. The van der Waals surface area contributed by atoms with Gasteiger partial charge in [0, 0.05) is 6.04 Å². The van der Waals surface area contributed by atoms with E-state index in [0.29, 0.717) is 12.8 Å². The van der Waals surface area contributed by atoms with Crippen LogP contribution in [0.15, 0.2) is 0 Å². The van der Waals surface area contributed by atoms with Crippen LogP contribution < -0.4 is 5.32 Å². The summed E-state index contributed by atoms with van der Waals surface area (Å²) in [6.45, 7) is 5.03. The van der Waals surface area contributed by atoms with E-state index in [0.717, 1.165) is 0 Å². The summed E-state index contributed by atoms with van der Waals surface area (Å²) >= 11 is 0. The molecule has 0 aromatic carbocycles. The van der Waals surface area contributed by atoms with E-state index < -0.39 is 21.4 Å². The van der Waals surface area contributed by atoms with Crippen LogP contribution in [0.2, 0.25) is 0 Å². The monoisotopic (exact) mass is 288 g/mol. The molecule has 108 valence electrons. The fraction of sp³-hybridized carbons (Fsp3) is 0.833. The number of hydrogen-bond donors (Lipinski definition) is 1. The van der Waals surface area contributed by atoms with Crippen LogP contribution in [-0.4, -0.2) is 54.3 Å². The van der Waals surface area contributed by atoms with Gasteiger partial charge < -0.3 is 10.2 Å². The summed E-state index contributed by atoms with van der Waals surface area (Å²) in [4.78, 5) is 25.9. The largest absolute Gasteiger partial charge is 0.340 e. The van der Waals surface area contributed by atoms with Crippen LogP contribution in [0.25, 0.3) is 0 Å². The number of piperazine rings is 1. The summed E-state index contributed by atoms with van der Waals surface area (Å²) in [6.07, 6.45) is 0.837. The van der Waals surface area contributed by atoms with Gasteiger partial charge in [-0.2, -0.15) is 0 Å². The topological polar surface area (TPSA) is 83.6 Å². The highest BCUT2D eigenvalue weighted by Gasteiger charge is 2.46. The molecule has 0 bridgehead atoms. The number of hydrogen-bond acceptors (Lipinski definition) is 4. The minimum atomic E-state index is -2.97. The number of carbonyl (C=O) groups excluding carboxylic acids is 2. The maximum atomic E-state index is 12.4. The van der Waals surface area contributed by atoms with Gasteiger partial charge in [0.15, 0.2) is 0 Å². The highest BCUT2D eigenvalue weighted by atomic mass is 32.2. The van der Waals surface area contributed by atoms with Crippen LogP contribution in [0.4, 0.5) is 0 Å². The van der Waals surface area contributed by atoms with E-state index >= 15 is 0 Å². The lowest BCUT2D eigenvalue weighted by Crippen LogP contribution is -2.69. The molecule has 1 atom stereocenters. The maximum absolute atomic E-state index is 12.4. The van der Waals surface area contributed by atoms with Crippen molar-refractivity contribution in [3.63, 3.8) is 0 Å². The normalized spacial score (nSPS) is 31.1. The molecule has 1 unspecified atom stereocenters. The molecule has 2 amide bonds. The standard InChI is InChI=1S/C12H20N2O4S/c1-8-10(15)13-12(2,3)11(16)14(8)9-4-6-19(17,18)7-5-9/h8-9H,4-7H2,1-3H3,(H,13,15). The van der Waals surface area contributed by atoms with Gasteiger partial charge in [0.2, 0.25) is 11.8 Å². The van der Waals surface area contributed by atoms with Gasteiger partial charge in [-0.3, -0.25) is 9.59 Å². The Morgan fingerprint density at radius 3 is 2.26 bits per heavy atom. The second-order valence-corrected chi connectivity index (χ2v) is 8.19. The lowest BCUT2D eigenvalue weighted by Gasteiger charge is -2.46. The van der Waals surface area contributed by atoms with Crippen LogP contribution in [0, 0.1) is 0 Å². The number of sulfone groups is 1. The van der Waals surface area contributed by atoms with Crippen LogP contribution in [-0.2, 0) is 19.4 Å². The van der Waals surface area contributed by atoms with E-state index in [-0.39, 0.29) is 29.4 Å². The number of carbonyl (C=O) groups is 2. The molecular weight excluding hydrogens is 268 g/mol. The fourth-order valence-electron chi connectivity index (χ4n) is 2.73. The van der Waals surface area contributed by atoms with Crippen LogP contribution in [0.5, 0.6) is 0 Å². The zero-order valence-corrected chi connectivity index (χ0v) is 12.3. The van der Waals surface area contributed by atoms with Gasteiger partial charge in [-0.1, -0.05) is 0 Å². The molecule has 0 aliphatic carbocycles. The molecule has 1 N–H and O–H groups in total. The zero-order valence-electron chi connectivity index (χ0n) is 11.5. The molecule has 0 spiro atoms. The predicted molar refractivity (Wildman–Crippen MR) is 70.2 cm³/mol. The molecule has 2 rings (SSSR count). The second kappa shape index (κ2) is 4.47. The third-order valence-corrected chi connectivity index (χ3v) is 5.63. The molecule has 0 saturated carbocycles. The Balaban J connectivity index is 2.22. The first kappa shape index (κ1) is 14.3. The van der Waals surface area contributed by atoms with Gasteiger partial charge >= 0.3 is 0 Å². The van der Waals surface area contributed by atoms with Crippen molar-refractivity contribution in [2.75, 3.05) is 11.5 Å². The van der Waals surface area contributed by atoms with E-state index in [2.05, 4.69) is 5.32 Å². The minimum Gasteiger partial charge on any atom is -0.340 e. The SMILES string of the molecule is CC1C(=O)NC(C)(C)C(=O)N1C1CCS(=O)(=O)CC1. The van der Waals surface area contributed by atoms with E-state index in [1.54, 1.807) is 25.7 Å². The molecule has 2 fully saturated rings. The van der Waals surface area contributed by atoms with Gasteiger partial charge in [0.25, 0.3) is 0 Å². The van der Waals surface area contributed by atoms with Gasteiger partial charge in [0.05, 0.1) is 11.5 Å². The molecule has 2 heterocycles. The Labute approximate surface area is 113 Å². The van der Waals surface area contributed by atoms with E-state index in [9.17, 15) is 18.0 Å². The van der Waals surface area contributed by atoms with Crippen molar-refractivity contribution in [2.24, 2.45) is 0 Å². The number of rotatable bonds is 1. The predicted octanol–water partition coefficient (Wildman–Crippen LogP) is -0.311. The van der Waals surface area contributed by atoms with Crippen molar-refractivity contribution in [1.29, 1.82) is 0 Å². The van der Waals surface area contributed by atoms with E-state index in [1.807, 2.05) is 0 Å². The molecule has 0 radical (unpaired) electrons. The molecule has 19 heavy (non-hydrogen) atoms. The van der Waals surface area contributed by atoms with Crippen molar-refractivity contribution in [1.82, 2.24) is 10.2 Å². The van der Waals surface area contributed by atoms with Gasteiger partial charge in [0.1, 0.15) is 21.4 Å². The summed E-state index contributed by atoms with van der Waals surface area (Å²) in [6, 6.07) is -0.692. The highest BCUT2D eigenvalue weighted by molar-refractivity contribution is 7.91. The smallest absolute Gasteiger partial charge is 0.248 e. The zero-order chi connectivity index (χ0) is 14.4. The fourth-order valence-corrected chi connectivity index (χ4v) is 4.20. The highest BCUT2D eigenvalue weighted by Crippen LogP contribution is 2.26. The number of amides is 2. The number of nitrogens with one attached hydrogen (secondary N) is 1. The summed E-state index contributed by atoms with van der Waals surface area (Å²) < 4.78 is 22.9. The average molecular weight is 288 g/mol. The second-order valence-electron chi connectivity index (χ2n) is 5.89. The average Bonchev–Trinajstić information content (AvgIpc) is 2.29. The third kappa shape index (κ3) is 2.61. The quantitative estimate of drug-likeness (QED) is 0.717. The molecule has 6 nitrogen and oxygen atoms in total. The molecule has 2 aliphatic rings. The first-order chi connectivity index (χ1) is 8.64. The first-order valence-electron chi connectivity index (χ1n) is 6.49. The Morgan fingerprint density at radius 2 is 1.74 bits per heavy atom. The molecule has 2 aliphatic heterocycles. The number of nitrogens with zero attached hydrogens (tertiary/aromatic N) is 1. The van der Waals surface area contributed by atoms with Crippen molar-refractivity contribution >= 4 is 21.7 Å². The summed E-state index contributed by atoms with van der Waals surface area (Å²) in [5, 5.41) is 2.69. The van der Waals surface area contributed by atoms with E-state index in [1.165, 1.54) is 0 Å². The van der Waals surface area contributed by atoms with Crippen molar-refractivity contribution in [3.8, 4) is 0 Å². The maximum Gasteiger partial charge on any atom is 0.248 e. The summed E-state index contributed by atoms with van der Waals surface area (Å²) in [5.74, 6) is -0.131. The first-order valence-corrected chi connectivity index (χ1v) is 8.31. The summed E-state index contributed by atoms with van der Waals surface area (Å²) in [7, 11) is -2.97.